The van der Waals surface area contributed by atoms with Crippen LogP contribution in [0, 0.1) is 13.8 Å². The minimum Gasteiger partial charge on any atom is -0.464 e. The first-order valence-corrected chi connectivity index (χ1v) is 11.4. The van der Waals surface area contributed by atoms with E-state index in [4.69, 9.17) is 21.8 Å². The van der Waals surface area contributed by atoms with Crippen molar-refractivity contribution in [3.8, 4) is 11.3 Å². The summed E-state index contributed by atoms with van der Waals surface area (Å²) in [5, 5.41) is 7.87. The van der Waals surface area contributed by atoms with Crippen molar-refractivity contribution in [2.75, 3.05) is 5.32 Å². The largest absolute Gasteiger partial charge is 0.464 e. The first-order valence-electron chi connectivity index (χ1n) is 10.2. The Labute approximate surface area is 201 Å². The lowest BCUT2D eigenvalue weighted by molar-refractivity contribution is -0.119. The molecule has 0 aliphatic carbocycles. The Hall–Kier alpha value is -3.31. The van der Waals surface area contributed by atoms with Crippen molar-refractivity contribution in [1.29, 1.82) is 0 Å². The summed E-state index contributed by atoms with van der Waals surface area (Å²) >= 11 is 7.08. The molecule has 8 nitrogen and oxygen atoms in total. The van der Waals surface area contributed by atoms with E-state index in [0.717, 1.165) is 11.3 Å². The topological polar surface area (TPSA) is 116 Å². The highest BCUT2D eigenvalue weighted by atomic mass is 35.5. The molecule has 0 saturated carbocycles. The molecule has 2 amide bonds. The summed E-state index contributed by atoms with van der Waals surface area (Å²) in [4.78, 5) is 29.7. The van der Waals surface area contributed by atoms with Gasteiger partial charge in [-0.2, -0.15) is 5.10 Å². The molecular weight excluding hydrogens is 488 g/mol. The van der Waals surface area contributed by atoms with Crippen LogP contribution in [0.2, 0.25) is 5.02 Å². The highest BCUT2D eigenvalue weighted by molar-refractivity contribution is 7.21. The summed E-state index contributed by atoms with van der Waals surface area (Å²) in [6, 6.07) is 3.62. The number of aromatic nitrogens is 3. The van der Waals surface area contributed by atoms with Gasteiger partial charge >= 0.3 is 0 Å². The van der Waals surface area contributed by atoms with Crippen LogP contribution in [0.25, 0.3) is 21.5 Å². The SMILES string of the molecule is CCC(C(=O)Nc1c(C(N)=O)sc2nc(C(F)F)cc(-c3ccco3)c12)n1nc(C)c(Cl)c1C. The molecule has 4 heterocycles. The fourth-order valence-electron chi connectivity index (χ4n) is 3.77. The molecule has 3 N–H and O–H groups in total. The maximum atomic E-state index is 13.5. The van der Waals surface area contributed by atoms with Gasteiger partial charge in [0.05, 0.1) is 28.4 Å². The van der Waals surface area contributed by atoms with E-state index in [-0.39, 0.29) is 32.1 Å². The predicted octanol–water partition coefficient (Wildman–Crippen LogP) is 5.65. The van der Waals surface area contributed by atoms with Crippen LogP contribution in [0.1, 0.15) is 52.6 Å². The molecule has 34 heavy (non-hydrogen) atoms. The average molecular weight is 508 g/mol. The van der Waals surface area contributed by atoms with Crippen LogP contribution in [0.4, 0.5) is 14.5 Å². The zero-order valence-corrected chi connectivity index (χ0v) is 19.9. The van der Waals surface area contributed by atoms with E-state index in [9.17, 15) is 18.4 Å². The molecule has 0 saturated heterocycles. The molecule has 0 aliphatic heterocycles. The number of primary amides is 1. The average Bonchev–Trinajstić information content (AvgIpc) is 3.50. The van der Waals surface area contributed by atoms with Crippen molar-refractivity contribution < 1.29 is 22.8 Å². The molecule has 4 aromatic heterocycles. The number of nitrogens with two attached hydrogens (primary N) is 1. The quantitative estimate of drug-likeness (QED) is 0.335. The summed E-state index contributed by atoms with van der Waals surface area (Å²) in [6.07, 6.45) is -1.09. The lowest BCUT2D eigenvalue weighted by Crippen LogP contribution is -2.28. The van der Waals surface area contributed by atoms with Crippen LogP contribution in [0.5, 0.6) is 0 Å². The standard InChI is InChI=1S/C22H20ClF2N5O3S/c1-4-13(30-10(3)16(23)9(2)29-30)21(32)28-17-15-11(14-6-5-7-33-14)8-12(19(24)25)27-22(15)34-18(17)20(26)31/h5-8,13,19H,4H2,1-3H3,(H2,26,31)(H,28,32). The number of nitrogens with zero attached hydrogens (tertiary/aromatic N) is 3. The van der Waals surface area contributed by atoms with E-state index >= 15 is 0 Å². The van der Waals surface area contributed by atoms with Gasteiger partial charge in [0.2, 0.25) is 5.91 Å². The maximum absolute atomic E-state index is 13.5. The second-order valence-electron chi connectivity index (χ2n) is 7.57. The summed E-state index contributed by atoms with van der Waals surface area (Å²) in [7, 11) is 0. The van der Waals surface area contributed by atoms with Crippen LogP contribution < -0.4 is 11.1 Å². The van der Waals surface area contributed by atoms with Crippen molar-refractivity contribution in [3.63, 3.8) is 0 Å². The number of aryl methyl sites for hydroxylation is 1. The van der Waals surface area contributed by atoms with Crippen LogP contribution in [-0.2, 0) is 4.79 Å². The maximum Gasteiger partial charge on any atom is 0.280 e. The molecule has 4 aromatic rings. The molecule has 4 rings (SSSR count). The highest BCUT2D eigenvalue weighted by Crippen LogP contribution is 2.43. The Kier molecular flexibility index (Phi) is 6.41. The molecular formula is C22H20ClF2N5O3S. The fourth-order valence-corrected chi connectivity index (χ4v) is 4.91. The van der Waals surface area contributed by atoms with Crippen LogP contribution >= 0.6 is 22.9 Å². The number of pyridine rings is 1. The van der Waals surface area contributed by atoms with Gasteiger partial charge in [-0.25, -0.2) is 13.8 Å². The normalized spacial score (nSPS) is 12.4. The number of hydrogen-bond acceptors (Lipinski definition) is 6. The molecule has 178 valence electrons. The number of fused-ring (bicyclic) bond motifs is 1. The van der Waals surface area contributed by atoms with E-state index < -0.39 is 30.0 Å². The third-order valence-electron chi connectivity index (χ3n) is 5.39. The van der Waals surface area contributed by atoms with Crippen LogP contribution in [-0.4, -0.2) is 26.6 Å². The number of nitrogens with one attached hydrogen (secondary N) is 1. The van der Waals surface area contributed by atoms with E-state index in [2.05, 4.69) is 15.4 Å². The van der Waals surface area contributed by atoms with E-state index in [1.165, 1.54) is 17.0 Å². The summed E-state index contributed by atoms with van der Waals surface area (Å²) in [5.41, 5.74) is 6.62. The van der Waals surface area contributed by atoms with Crippen molar-refractivity contribution in [2.24, 2.45) is 5.73 Å². The minimum absolute atomic E-state index is 0.0173. The minimum atomic E-state index is -2.85. The summed E-state index contributed by atoms with van der Waals surface area (Å²) in [6.45, 7) is 5.29. The van der Waals surface area contributed by atoms with Crippen molar-refractivity contribution in [2.45, 2.75) is 39.7 Å². The summed E-state index contributed by atoms with van der Waals surface area (Å²) in [5.74, 6) is -1.03. The molecule has 1 unspecified atom stereocenters. The number of hydrogen-bond donors (Lipinski definition) is 2. The number of thiophene rings is 1. The van der Waals surface area contributed by atoms with Gasteiger partial charge in [0.1, 0.15) is 27.2 Å². The Balaban J connectivity index is 1.89. The Morgan fingerprint density at radius 3 is 2.62 bits per heavy atom. The summed E-state index contributed by atoms with van der Waals surface area (Å²) < 4.78 is 34.0. The third kappa shape index (κ3) is 4.05. The number of furan rings is 1. The van der Waals surface area contributed by atoms with Crippen LogP contribution in [0.3, 0.4) is 0 Å². The number of alkyl halides is 2. The van der Waals surface area contributed by atoms with E-state index in [1.807, 2.05) is 0 Å². The van der Waals surface area contributed by atoms with Gasteiger partial charge in [-0.05, 0) is 38.5 Å². The molecule has 0 aliphatic rings. The van der Waals surface area contributed by atoms with Gasteiger partial charge in [-0.3, -0.25) is 14.3 Å². The van der Waals surface area contributed by atoms with Gasteiger partial charge < -0.3 is 15.5 Å². The van der Waals surface area contributed by atoms with E-state index in [1.54, 1.807) is 32.9 Å². The Bertz CT molecular complexity index is 1400. The third-order valence-corrected chi connectivity index (χ3v) is 7.03. The molecule has 0 spiro atoms. The van der Waals surface area contributed by atoms with Crippen LogP contribution in [0.15, 0.2) is 28.9 Å². The zero-order valence-electron chi connectivity index (χ0n) is 18.4. The monoisotopic (exact) mass is 507 g/mol. The van der Waals surface area contributed by atoms with Gasteiger partial charge in [0.15, 0.2) is 0 Å². The number of anilines is 1. The van der Waals surface area contributed by atoms with Gasteiger partial charge in [0.25, 0.3) is 12.3 Å². The number of amides is 2. The second kappa shape index (κ2) is 9.15. The number of carbonyl (C=O) groups excluding carboxylic acids is 2. The second-order valence-corrected chi connectivity index (χ2v) is 8.94. The Morgan fingerprint density at radius 2 is 2.09 bits per heavy atom. The number of halogens is 3. The zero-order chi connectivity index (χ0) is 24.7. The van der Waals surface area contributed by atoms with E-state index in [0.29, 0.717) is 22.8 Å². The lowest BCUT2D eigenvalue weighted by atomic mass is 10.1. The first-order chi connectivity index (χ1) is 16.1. The molecule has 12 heteroatoms. The molecule has 1 atom stereocenters. The van der Waals surface area contributed by atoms with Crippen molar-refractivity contribution in [3.05, 3.63) is 51.4 Å². The highest BCUT2D eigenvalue weighted by Gasteiger charge is 2.29. The number of rotatable bonds is 7. The fraction of sp³-hybridized carbons (Fsp3) is 0.273. The van der Waals surface area contributed by atoms with Gasteiger partial charge in [-0.1, -0.05) is 18.5 Å². The molecule has 0 aromatic carbocycles. The lowest BCUT2D eigenvalue weighted by Gasteiger charge is -2.18. The van der Waals surface area contributed by atoms with Crippen molar-refractivity contribution in [1.82, 2.24) is 14.8 Å². The smallest absolute Gasteiger partial charge is 0.280 e. The van der Waals surface area contributed by atoms with Gasteiger partial charge in [0, 0.05) is 10.9 Å². The first kappa shape index (κ1) is 23.8. The predicted molar refractivity (Wildman–Crippen MR) is 125 cm³/mol. The molecule has 0 bridgehead atoms. The molecule has 0 fully saturated rings. The number of carbonyl (C=O) groups is 2. The van der Waals surface area contributed by atoms with Crippen molar-refractivity contribution >= 4 is 50.7 Å². The molecule has 0 radical (unpaired) electrons. The van der Waals surface area contributed by atoms with Gasteiger partial charge in [-0.15, -0.1) is 11.3 Å². The Morgan fingerprint density at radius 1 is 1.35 bits per heavy atom.